The van der Waals surface area contributed by atoms with Gasteiger partial charge >= 0.3 is 0 Å². The van der Waals surface area contributed by atoms with Crippen LogP contribution in [0.25, 0.3) is 10.8 Å². The number of allylic oxidation sites excluding steroid dienone is 4. The Bertz CT molecular complexity index is 728. The van der Waals surface area contributed by atoms with Gasteiger partial charge in [-0.3, -0.25) is 10.8 Å². The van der Waals surface area contributed by atoms with Crippen molar-refractivity contribution in [1.29, 1.82) is 10.8 Å². The van der Waals surface area contributed by atoms with Gasteiger partial charge in [0.15, 0.2) is 5.75 Å². The number of nitrogen functional groups attached to an aromatic ring is 1. The minimum atomic E-state index is 0.285. The monoisotopic (exact) mass is 297 g/mol. The van der Waals surface area contributed by atoms with Gasteiger partial charge in [0.05, 0.1) is 17.1 Å². The molecule has 3 rings (SSSR count). The highest BCUT2D eigenvalue weighted by atomic mass is 32.1. The number of fused-ring (bicyclic) bond motifs is 1. The summed E-state index contributed by atoms with van der Waals surface area (Å²) < 4.78 is 4.82. The maximum Gasteiger partial charge on any atom is 0.160 e. The molecule has 0 radical (unpaired) electrons. The Balaban J connectivity index is 0.000000173. The molecule has 106 valence electrons. The zero-order chi connectivity index (χ0) is 15.2. The van der Waals surface area contributed by atoms with Crippen LogP contribution >= 0.6 is 12.9 Å². The van der Waals surface area contributed by atoms with E-state index in [1.807, 2.05) is 36.4 Å². The van der Waals surface area contributed by atoms with Gasteiger partial charge in [0.25, 0.3) is 0 Å². The summed E-state index contributed by atoms with van der Waals surface area (Å²) in [5.41, 5.74) is 7.06. The van der Waals surface area contributed by atoms with Crippen molar-refractivity contribution in [3.05, 3.63) is 60.7 Å². The molecule has 0 bridgehead atoms. The molecule has 5 heteroatoms. The molecular formula is C16H15N3OS. The minimum absolute atomic E-state index is 0.285. The minimum Gasteiger partial charge on any atom is -0.427 e. The number of benzene rings is 2. The highest BCUT2D eigenvalue weighted by molar-refractivity contribution is 7.75. The van der Waals surface area contributed by atoms with Crippen molar-refractivity contribution in [2.75, 3.05) is 5.73 Å². The van der Waals surface area contributed by atoms with Crippen molar-refractivity contribution in [2.24, 2.45) is 0 Å². The smallest absolute Gasteiger partial charge is 0.160 e. The zero-order valence-corrected chi connectivity index (χ0v) is 12.1. The number of nitrogens with two attached hydrogens (primary N) is 1. The van der Waals surface area contributed by atoms with Crippen LogP contribution in [-0.2, 0) is 0 Å². The van der Waals surface area contributed by atoms with Crippen LogP contribution < -0.4 is 9.92 Å². The number of nitrogens with one attached hydrogen (secondary N) is 2. The van der Waals surface area contributed by atoms with Gasteiger partial charge in [-0.25, -0.2) is 0 Å². The standard InChI is InChI=1S/C10H9NOS.C6H6N2/c11-10-8-4-2-1-3-7(8)5-6-9(10)12-13;7-5-3-1-2-4-6(5)8/h1-6,13H,11H2;1-4,7-8H. The lowest BCUT2D eigenvalue weighted by atomic mass is 10.1. The first-order valence-electron chi connectivity index (χ1n) is 6.24. The number of thiol groups is 1. The van der Waals surface area contributed by atoms with Crippen molar-refractivity contribution in [1.82, 2.24) is 0 Å². The fourth-order valence-corrected chi connectivity index (χ4v) is 2.00. The second-order valence-electron chi connectivity index (χ2n) is 4.34. The summed E-state index contributed by atoms with van der Waals surface area (Å²) in [5, 5.41) is 16.2. The van der Waals surface area contributed by atoms with Crippen LogP contribution in [0.2, 0.25) is 0 Å². The molecule has 0 unspecified atom stereocenters. The summed E-state index contributed by atoms with van der Waals surface area (Å²) in [6, 6.07) is 11.7. The summed E-state index contributed by atoms with van der Waals surface area (Å²) in [6.45, 7) is 0. The molecular weight excluding hydrogens is 282 g/mol. The van der Waals surface area contributed by atoms with Crippen LogP contribution in [0.1, 0.15) is 0 Å². The van der Waals surface area contributed by atoms with Gasteiger partial charge in [0, 0.05) is 18.3 Å². The van der Waals surface area contributed by atoms with Crippen LogP contribution in [0.15, 0.2) is 60.7 Å². The van der Waals surface area contributed by atoms with Crippen molar-refractivity contribution < 1.29 is 4.18 Å². The Labute approximate surface area is 128 Å². The van der Waals surface area contributed by atoms with Gasteiger partial charge in [-0.15, -0.1) is 0 Å². The average molecular weight is 297 g/mol. The number of hydrogen-bond acceptors (Lipinski definition) is 5. The maximum absolute atomic E-state index is 7.03. The lowest BCUT2D eigenvalue weighted by Gasteiger charge is -2.05. The van der Waals surface area contributed by atoms with Crippen molar-refractivity contribution in [3.8, 4) is 5.75 Å². The van der Waals surface area contributed by atoms with Crippen LogP contribution in [0.4, 0.5) is 5.69 Å². The van der Waals surface area contributed by atoms with Crippen LogP contribution in [0.3, 0.4) is 0 Å². The van der Waals surface area contributed by atoms with E-state index in [0.717, 1.165) is 10.8 Å². The molecule has 4 N–H and O–H groups in total. The van der Waals surface area contributed by atoms with Crippen molar-refractivity contribution >= 4 is 40.8 Å². The fourth-order valence-electron chi connectivity index (χ4n) is 1.84. The third-order valence-electron chi connectivity index (χ3n) is 2.96. The van der Waals surface area contributed by atoms with Gasteiger partial charge in [0.1, 0.15) is 0 Å². The van der Waals surface area contributed by atoms with E-state index >= 15 is 0 Å². The summed E-state index contributed by atoms with van der Waals surface area (Å²) in [6.07, 6.45) is 6.70. The molecule has 0 spiro atoms. The van der Waals surface area contributed by atoms with Crippen molar-refractivity contribution in [2.45, 2.75) is 0 Å². The number of anilines is 1. The largest absolute Gasteiger partial charge is 0.427 e. The summed E-state index contributed by atoms with van der Waals surface area (Å²) in [5.74, 6) is 0.599. The Morgan fingerprint density at radius 1 is 0.905 bits per heavy atom. The van der Waals surface area contributed by atoms with Crippen LogP contribution in [0.5, 0.6) is 5.75 Å². The van der Waals surface area contributed by atoms with Crippen LogP contribution in [-0.4, -0.2) is 11.4 Å². The van der Waals surface area contributed by atoms with Gasteiger partial charge < -0.3 is 9.92 Å². The van der Waals surface area contributed by atoms with E-state index < -0.39 is 0 Å². The van der Waals surface area contributed by atoms with E-state index in [9.17, 15) is 0 Å². The fraction of sp³-hybridized carbons (Fsp3) is 0. The average Bonchev–Trinajstić information content (AvgIpc) is 2.52. The predicted molar refractivity (Wildman–Crippen MR) is 91.7 cm³/mol. The Hall–Kier alpha value is -2.53. The van der Waals surface area contributed by atoms with E-state index in [1.54, 1.807) is 24.3 Å². The lowest BCUT2D eigenvalue weighted by Crippen LogP contribution is -2.06. The molecule has 4 nitrogen and oxygen atoms in total. The first-order chi connectivity index (χ1) is 10.1. The molecule has 0 saturated carbocycles. The first-order valence-corrected chi connectivity index (χ1v) is 6.61. The quantitative estimate of drug-likeness (QED) is 0.279. The second-order valence-corrected chi connectivity index (χ2v) is 4.52. The predicted octanol–water partition coefficient (Wildman–Crippen LogP) is 3.80. The van der Waals surface area contributed by atoms with E-state index in [1.165, 1.54) is 0 Å². The third-order valence-corrected chi connectivity index (χ3v) is 3.15. The van der Waals surface area contributed by atoms with E-state index in [2.05, 4.69) is 12.9 Å². The van der Waals surface area contributed by atoms with Gasteiger partial charge in [-0.2, -0.15) is 0 Å². The molecule has 1 aliphatic carbocycles. The molecule has 0 saturated heterocycles. The Kier molecular flexibility index (Phi) is 4.79. The van der Waals surface area contributed by atoms with E-state index in [4.69, 9.17) is 20.7 Å². The summed E-state index contributed by atoms with van der Waals surface area (Å²) in [7, 11) is 0. The number of hydrogen-bond donors (Lipinski definition) is 4. The van der Waals surface area contributed by atoms with Crippen molar-refractivity contribution in [3.63, 3.8) is 0 Å². The number of rotatable bonds is 1. The molecule has 2 aromatic rings. The lowest BCUT2D eigenvalue weighted by molar-refractivity contribution is 0.663. The normalized spacial score (nSPS) is 13.0. The molecule has 21 heavy (non-hydrogen) atoms. The summed E-state index contributed by atoms with van der Waals surface area (Å²) >= 11 is 3.73. The first kappa shape index (κ1) is 14.9. The second kappa shape index (κ2) is 6.76. The molecule has 0 heterocycles. The topological polar surface area (TPSA) is 83.0 Å². The summed E-state index contributed by atoms with van der Waals surface area (Å²) in [4.78, 5) is 0. The molecule has 0 aliphatic heterocycles. The van der Waals surface area contributed by atoms with Gasteiger partial charge in [-0.05, 0) is 23.6 Å². The highest BCUT2D eigenvalue weighted by Crippen LogP contribution is 2.30. The molecule has 1 aliphatic rings. The molecule has 2 aromatic carbocycles. The Morgan fingerprint density at radius 2 is 1.52 bits per heavy atom. The molecule has 0 aromatic heterocycles. The van der Waals surface area contributed by atoms with E-state index in [-0.39, 0.29) is 11.4 Å². The van der Waals surface area contributed by atoms with Gasteiger partial charge in [0.2, 0.25) is 0 Å². The van der Waals surface area contributed by atoms with Gasteiger partial charge in [-0.1, -0.05) is 42.5 Å². The molecule has 0 atom stereocenters. The highest BCUT2D eigenvalue weighted by Gasteiger charge is 2.03. The maximum atomic E-state index is 7.03. The molecule has 0 fully saturated rings. The third kappa shape index (κ3) is 3.52. The zero-order valence-electron chi connectivity index (χ0n) is 11.2. The van der Waals surface area contributed by atoms with Crippen LogP contribution in [0, 0.1) is 10.8 Å². The Morgan fingerprint density at radius 3 is 2.10 bits per heavy atom. The SMILES string of the molecule is N=C1C=CC=CC1=N.Nc1c(OS)ccc2ccccc12. The molecule has 0 amide bonds. The van der Waals surface area contributed by atoms with E-state index in [0.29, 0.717) is 11.4 Å².